The maximum Gasteiger partial charge on any atom is 0.274 e. The van der Waals surface area contributed by atoms with E-state index in [9.17, 15) is 13.5 Å². The first kappa shape index (κ1) is 15.5. The van der Waals surface area contributed by atoms with Crippen LogP contribution in [-0.4, -0.2) is 32.2 Å². The van der Waals surface area contributed by atoms with Crippen molar-refractivity contribution in [3.8, 4) is 0 Å². The lowest BCUT2D eigenvalue weighted by Gasteiger charge is -2.18. The fourth-order valence-electron chi connectivity index (χ4n) is 1.77. The van der Waals surface area contributed by atoms with E-state index in [1.54, 1.807) is 6.07 Å². The Morgan fingerprint density at radius 1 is 1.40 bits per heavy atom. The number of nitrogens with one attached hydrogen (secondary N) is 2. The average molecular weight is 302 g/mol. The number of hydrogen-bond acceptors (Lipinski definition) is 5. The number of aliphatic hydroxyl groups excluding tert-OH is 1. The first-order chi connectivity index (χ1) is 9.42. The molecule has 0 spiro atoms. The predicted molar refractivity (Wildman–Crippen MR) is 74.6 cm³/mol. The molecular formula is C13H22N2O4S. The zero-order valence-electron chi connectivity index (χ0n) is 11.8. The van der Waals surface area contributed by atoms with E-state index in [1.165, 1.54) is 18.9 Å². The normalized spacial score (nSPS) is 17.6. The standard InChI is InChI=1S/C13H22N2O4S/c1-9(2)12(8-16)15-20(17,18)13-6-5-11(19-13)7-14-10-3-4-10/h5-6,9-10,12,14-16H,3-4,7-8H2,1-2H3/t12-/m1/s1. The molecule has 0 amide bonds. The van der Waals surface area contributed by atoms with Crippen LogP contribution in [0.1, 0.15) is 32.4 Å². The lowest BCUT2D eigenvalue weighted by Crippen LogP contribution is -2.40. The molecule has 0 aliphatic heterocycles. The van der Waals surface area contributed by atoms with Crippen LogP contribution < -0.4 is 10.0 Å². The fourth-order valence-corrected chi connectivity index (χ4v) is 3.10. The Labute approximate surface area is 119 Å². The summed E-state index contributed by atoms with van der Waals surface area (Å²) >= 11 is 0. The Morgan fingerprint density at radius 3 is 2.65 bits per heavy atom. The van der Waals surface area contributed by atoms with E-state index in [0.717, 1.165) is 0 Å². The van der Waals surface area contributed by atoms with Crippen molar-refractivity contribution in [1.29, 1.82) is 0 Å². The van der Waals surface area contributed by atoms with Crippen LogP contribution in [0.25, 0.3) is 0 Å². The fraction of sp³-hybridized carbons (Fsp3) is 0.692. The number of hydrogen-bond donors (Lipinski definition) is 3. The molecule has 1 aromatic heterocycles. The molecule has 0 aromatic carbocycles. The van der Waals surface area contributed by atoms with Crippen molar-refractivity contribution in [1.82, 2.24) is 10.0 Å². The van der Waals surface area contributed by atoms with Gasteiger partial charge in [0.15, 0.2) is 0 Å². The van der Waals surface area contributed by atoms with Crippen molar-refractivity contribution in [3.63, 3.8) is 0 Å². The first-order valence-corrected chi connectivity index (χ1v) is 8.36. The molecule has 2 rings (SSSR count). The second-order valence-corrected chi connectivity index (χ2v) is 7.18. The predicted octanol–water partition coefficient (Wildman–Crippen LogP) is 0.827. The molecule has 1 aliphatic carbocycles. The maximum absolute atomic E-state index is 12.1. The molecule has 7 heteroatoms. The van der Waals surface area contributed by atoms with Gasteiger partial charge in [-0.05, 0) is 30.9 Å². The van der Waals surface area contributed by atoms with Gasteiger partial charge in [-0.1, -0.05) is 13.8 Å². The Hall–Kier alpha value is -0.890. The molecule has 6 nitrogen and oxygen atoms in total. The van der Waals surface area contributed by atoms with Gasteiger partial charge < -0.3 is 14.8 Å². The number of aliphatic hydroxyl groups is 1. The van der Waals surface area contributed by atoms with Gasteiger partial charge >= 0.3 is 0 Å². The second-order valence-electron chi connectivity index (χ2n) is 5.53. The van der Waals surface area contributed by atoms with Crippen LogP contribution in [0.2, 0.25) is 0 Å². The molecule has 20 heavy (non-hydrogen) atoms. The van der Waals surface area contributed by atoms with Crippen LogP contribution in [-0.2, 0) is 16.6 Å². The van der Waals surface area contributed by atoms with Gasteiger partial charge in [-0.2, -0.15) is 0 Å². The molecule has 0 radical (unpaired) electrons. The quantitative estimate of drug-likeness (QED) is 0.661. The molecule has 0 saturated heterocycles. The summed E-state index contributed by atoms with van der Waals surface area (Å²) in [6.07, 6.45) is 2.33. The molecular weight excluding hydrogens is 280 g/mol. The van der Waals surface area contributed by atoms with Crippen LogP contribution in [0.15, 0.2) is 21.6 Å². The molecule has 114 valence electrons. The summed E-state index contributed by atoms with van der Waals surface area (Å²) in [5.41, 5.74) is 0. The number of rotatable bonds is 8. The molecule has 1 fully saturated rings. The first-order valence-electron chi connectivity index (χ1n) is 6.87. The Bertz CT molecular complexity index is 534. The van der Waals surface area contributed by atoms with Crippen molar-refractivity contribution >= 4 is 10.0 Å². The third kappa shape index (κ3) is 4.05. The highest BCUT2D eigenvalue weighted by molar-refractivity contribution is 7.89. The van der Waals surface area contributed by atoms with Crippen molar-refractivity contribution in [3.05, 3.63) is 17.9 Å². The lowest BCUT2D eigenvalue weighted by molar-refractivity contribution is 0.227. The minimum absolute atomic E-state index is 0.000686. The van der Waals surface area contributed by atoms with Gasteiger partial charge in [-0.15, -0.1) is 0 Å². The van der Waals surface area contributed by atoms with E-state index in [-0.39, 0.29) is 17.6 Å². The van der Waals surface area contributed by atoms with Crippen LogP contribution in [0.4, 0.5) is 0 Å². The van der Waals surface area contributed by atoms with Crippen molar-refractivity contribution in [2.75, 3.05) is 6.61 Å². The molecule has 0 unspecified atom stereocenters. The zero-order valence-corrected chi connectivity index (χ0v) is 12.6. The monoisotopic (exact) mass is 302 g/mol. The maximum atomic E-state index is 12.1. The van der Waals surface area contributed by atoms with Gasteiger partial charge in [0.1, 0.15) is 5.76 Å². The summed E-state index contributed by atoms with van der Waals surface area (Å²) in [5.74, 6) is 0.600. The largest absolute Gasteiger partial charge is 0.447 e. The van der Waals surface area contributed by atoms with E-state index >= 15 is 0 Å². The highest BCUT2D eigenvalue weighted by Crippen LogP contribution is 2.20. The molecule has 1 saturated carbocycles. The zero-order chi connectivity index (χ0) is 14.8. The van der Waals surface area contributed by atoms with Crippen molar-refractivity contribution in [2.45, 2.75) is 50.4 Å². The summed E-state index contributed by atoms with van der Waals surface area (Å²) in [6, 6.07) is 3.13. The highest BCUT2D eigenvalue weighted by atomic mass is 32.2. The summed E-state index contributed by atoms with van der Waals surface area (Å²) in [5, 5.41) is 12.3. The Kier molecular flexibility index (Phi) is 4.85. The Morgan fingerprint density at radius 2 is 2.10 bits per heavy atom. The summed E-state index contributed by atoms with van der Waals surface area (Å²) in [7, 11) is -3.72. The summed E-state index contributed by atoms with van der Waals surface area (Å²) in [4.78, 5) is 0. The molecule has 1 atom stereocenters. The van der Waals surface area contributed by atoms with E-state index in [2.05, 4.69) is 10.0 Å². The van der Waals surface area contributed by atoms with Crippen molar-refractivity contribution in [2.24, 2.45) is 5.92 Å². The average Bonchev–Trinajstić information content (AvgIpc) is 3.09. The van der Waals surface area contributed by atoms with Crippen LogP contribution >= 0.6 is 0 Å². The molecule has 1 heterocycles. The van der Waals surface area contributed by atoms with Crippen molar-refractivity contribution < 1.29 is 17.9 Å². The van der Waals surface area contributed by atoms with Gasteiger partial charge in [0.05, 0.1) is 13.2 Å². The van der Waals surface area contributed by atoms with Crippen LogP contribution in [0.5, 0.6) is 0 Å². The molecule has 1 aliphatic rings. The Balaban J connectivity index is 2.00. The topological polar surface area (TPSA) is 91.6 Å². The van der Waals surface area contributed by atoms with Gasteiger partial charge in [0, 0.05) is 12.1 Å². The van der Waals surface area contributed by atoms with E-state index in [0.29, 0.717) is 18.3 Å². The highest BCUT2D eigenvalue weighted by Gasteiger charge is 2.25. The SMILES string of the molecule is CC(C)[C@@H](CO)NS(=O)(=O)c1ccc(CNC2CC2)o1. The molecule has 1 aromatic rings. The minimum Gasteiger partial charge on any atom is -0.447 e. The smallest absolute Gasteiger partial charge is 0.274 e. The van der Waals surface area contributed by atoms with E-state index < -0.39 is 16.1 Å². The number of furan rings is 1. The number of sulfonamides is 1. The third-order valence-corrected chi connectivity index (χ3v) is 4.71. The van der Waals surface area contributed by atoms with Gasteiger partial charge in [0.25, 0.3) is 10.0 Å². The van der Waals surface area contributed by atoms with Crippen LogP contribution in [0, 0.1) is 5.92 Å². The summed E-state index contributed by atoms with van der Waals surface area (Å²) < 4.78 is 32.1. The van der Waals surface area contributed by atoms with Crippen LogP contribution in [0.3, 0.4) is 0 Å². The molecule has 3 N–H and O–H groups in total. The third-order valence-electron chi connectivity index (χ3n) is 3.35. The van der Waals surface area contributed by atoms with E-state index in [4.69, 9.17) is 4.42 Å². The van der Waals surface area contributed by atoms with E-state index in [1.807, 2.05) is 13.8 Å². The lowest BCUT2D eigenvalue weighted by atomic mass is 10.1. The minimum atomic E-state index is -3.72. The summed E-state index contributed by atoms with van der Waals surface area (Å²) in [6.45, 7) is 3.98. The second kappa shape index (κ2) is 6.26. The van der Waals surface area contributed by atoms with Gasteiger partial charge in [-0.25, -0.2) is 13.1 Å². The van der Waals surface area contributed by atoms with Gasteiger partial charge in [0.2, 0.25) is 5.09 Å². The molecule has 0 bridgehead atoms. The van der Waals surface area contributed by atoms with Gasteiger partial charge in [-0.3, -0.25) is 0 Å².